The number of anilines is 2. The summed E-state index contributed by atoms with van der Waals surface area (Å²) in [4.78, 5) is 15.7. The lowest BCUT2D eigenvalue weighted by Crippen LogP contribution is -2.37. The molecule has 1 rings (SSSR count). The summed E-state index contributed by atoms with van der Waals surface area (Å²) < 4.78 is 38.0. The average Bonchev–Trinajstić information content (AvgIpc) is 2.25. The van der Waals surface area contributed by atoms with Crippen LogP contribution in [0.5, 0.6) is 0 Å². The third-order valence-electron chi connectivity index (χ3n) is 2.48. The molecule has 0 spiro atoms. The summed E-state index contributed by atoms with van der Waals surface area (Å²) in [6, 6.07) is 0.834. The highest BCUT2D eigenvalue weighted by molar-refractivity contribution is 5.81. The molecule has 0 radical (unpaired) electrons. The number of primary amides is 1. The zero-order valence-electron chi connectivity index (χ0n) is 11.2. The van der Waals surface area contributed by atoms with Gasteiger partial charge in [-0.1, -0.05) is 13.8 Å². The molecular weight excluding hydrogens is 273 g/mol. The molecule has 1 aromatic rings. The second-order valence-corrected chi connectivity index (χ2v) is 4.87. The SMILES string of the molecule is CC(C)CN(CC(N)=O)c1cc(C(F)(F)F)ncc1N. The van der Waals surface area contributed by atoms with E-state index in [0.717, 1.165) is 12.3 Å². The van der Waals surface area contributed by atoms with Gasteiger partial charge in [0.2, 0.25) is 5.91 Å². The zero-order chi connectivity index (χ0) is 15.5. The Labute approximate surface area is 114 Å². The Hall–Kier alpha value is -1.99. The van der Waals surface area contributed by atoms with Crippen molar-refractivity contribution >= 4 is 17.3 Å². The maximum atomic E-state index is 12.7. The fourth-order valence-electron chi connectivity index (χ4n) is 1.76. The van der Waals surface area contributed by atoms with Crippen molar-refractivity contribution < 1.29 is 18.0 Å². The molecule has 1 amide bonds. The molecule has 0 aliphatic carbocycles. The predicted molar refractivity (Wildman–Crippen MR) is 69.9 cm³/mol. The topological polar surface area (TPSA) is 85.2 Å². The molecule has 4 N–H and O–H groups in total. The number of pyridine rings is 1. The molecule has 0 bridgehead atoms. The van der Waals surface area contributed by atoms with Gasteiger partial charge in [0, 0.05) is 6.54 Å². The molecule has 1 aromatic heterocycles. The number of nitrogens with two attached hydrogens (primary N) is 2. The van der Waals surface area contributed by atoms with E-state index in [0.29, 0.717) is 6.54 Å². The average molecular weight is 290 g/mol. The van der Waals surface area contributed by atoms with E-state index in [-0.39, 0.29) is 23.8 Å². The van der Waals surface area contributed by atoms with Crippen molar-refractivity contribution in [1.29, 1.82) is 0 Å². The Kier molecular flexibility index (Phi) is 4.80. The molecule has 5 nitrogen and oxygen atoms in total. The van der Waals surface area contributed by atoms with Gasteiger partial charge in [-0.25, -0.2) is 4.98 Å². The van der Waals surface area contributed by atoms with Crippen LogP contribution in [0.2, 0.25) is 0 Å². The Morgan fingerprint density at radius 1 is 1.45 bits per heavy atom. The minimum Gasteiger partial charge on any atom is -0.396 e. The first kappa shape index (κ1) is 16.1. The van der Waals surface area contributed by atoms with E-state index >= 15 is 0 Å². The first-order valence-electron chi connectivity index (χ1n) is 5.97. The number of carbonyl (C=O) groups is 1. The van der Waals surface area contributed by atoms with Crippen LogP contribution >= 0.6 is 0 Å². The van der Waals surface area contributed by atoms with Crippen LogP contribution in [0.1, 0.15) is 19.5 Å². The lowest BCUT2D eigenvalue weighted by molar-refractivity contribution is -0.141. The molecule has 8 heteroatoms. The zero-order valence-corrected chi connectivity index (χ0v) is 11.2. The van der Waals surface area contributed by atoms with Crippen molar-refractivity contribution in [2.75, 3.05) is 23.7 Å². The summed E-state index contributed by atoms with van der Waals surface area (Å²) in [5.74, 6) is -0.522. The Morgan fingerprint density at radius 2 is 2.05 bits per heavy atom. The maximum absolute atomic E-state index is 12.7. The Balaban J connectivity index is 3.20. The summed E-state index contributed by atoms with van der Waals surface area (Å²) in [6.07, 6.45) is -3.63. The molecule has 0 saturated heterocycles. The highest BCUT2D eigenvalue weighted by Gasteiger charge is 2.33. The van der Waals surface area contributed by atoms with Crippen molar-refractivity contribution in [2.45, 2.75) is 20.0 Å². The Bertz CT molecular complexity index is 488. The molecule has 0 atom stereocenters. The van der Waals surface area contributed by atoms with Crippen LogP contribution in [0.15, 0.2) is 12.3 Å². The first-order chi connectivity index (χ1) is 9.11. The minimum atomic E-state index is -4.57. The largest absolute Gasteiger partial charge is 0.433 e. The van der Waals surface area contributed by atoms with E-state index in [9.17, 15) is 18.0 Å². The molecule has 0 saturated carbocycles. The number of nitrogen functional groups attached to an aromatic ring is 1. The number of aromatic nitrogens is 1. The minimum absolute atomic E-state index is 0.0694. The molecule has 112 valence electrons. The summed E-state index contributed by atoms with van der Waals surface area (Å²) in [7, 11) is 0. The van der Waals surface area contributed by atoms with Crippen LogP contribution in [0.4, 0.5) is 24.5 Å². The number of hydrogen-bond acceptors (Lipinski definition) is 4. The quantitative estimate of drug-likeness (QED) is 0.863. The van der Waals surface area contributed by atoms with E-state index in [1.54, 1.807) is 0 Å². The van der Waals surface area contributed by atoms with Crippen molar-refractivity contribution in [3.63, 3.8) is 0 Å². The highest BCUT2D eigenvalue weighted by Crippen LogP contribution is 2.32. The van der Waals surface area contributed by atoms with Crippen molar-refractivity contribution in [2.24, 2.45) is 11.7 Å². The van der Waals surface area contributed by atoms with Crippen LogP contribution in [0, 0.1) is 5.92 Å². The van der Waals surface area contributed by atoms with Crippen molar-refractivity contribution in [1.82, 2.24) is 4.98 Å². The molecule has 0 aliphatic rings. The number of hydrogen-bond donors (Lipinski definition) is 2. The molecule has 1 heterocycles. The normalized spacial score (nSPS) is 11.7. The van der Waals surface area contributed by atoms with E-state index in [1.165, 1.54) is 4.90 Å². The standard InChI is InChI=1S/C12H17F3N4O/c1-7(2)5-19(6-11(17)20)9-3-10(12(13,14)15)18-4-8(9)16/h3-4,7H,5-6,16H2,1-2H3,(H2,17,20). The van der Waals surface area contributed by atoms with Gasteiger partial charge in [-0.05, 0) is 12.0 Å². The van der Waals surface area contributed by atoms with Gasteiger partial charge in [-0.2, -0.15) is 13.2 Å². The highest BCUT2D eigenvalue weighted by atomic mass is 19.4. The van der Waals surface area contributed by atoms with Crippen molar-refractivity contribution in [3.05, 3.63) is 18.0 Å². The monoisotopic (exact) mass is 290 g/mol. The van der Waals surface area contributed by atoms with Crippen LogP contribution in [-0.2, 0) is 11.0 Å². The third-order valence-corrected chi connectivity index (χ3v) is 2.48. The van der Waals surface area contributed by atoms with E-state index in [4.69, 9.17) is 11.5 Å². The van der Waals surface area contributed by atoms with Crippen LogP contribution < -0.4 is 16.4 Å². The predicted octanol–water partition coefficient (Wildman–Crippen LogP) is 1.63. The number of carbonyl (C=O) groups excluding carboxylic acids is 1. The fourth-order valence-corrected chi connectivity index (χ4v) is 1.76. The number of nitrogens with zero attached hydrogens (tertiary/aromatic N) is 2. The van der Waals surface area contributed by atoms with Crippen LogP contribution in [0.3, 0.4) is 0 Å². The lowest BCUT2D eigenvalue weighted by Gasteiger charge is -2.27. The van der Waals surface area contributed by atoms with Gasteiger partial charge in [0.1, 0.15) is 5.69 Å². The first-order valence-corrected chi connectivity index (χ1v) is 5.97. The molecular formula is C12H17F3N4O. The molecule has 0 fully saturated rings. The van der Waals surface area contributed by atoms with Gasteiger partial charge in [-0.15, -0.1) is 0 Å². The number of amides is 1. The van der Waals surface area contributed by atoms with E-state index in [2.05, 4.69) is 4.98 Å². The molecule has 0 aromatic carbocycles. The van der Waals surface area contributed by atoms with Crippen molar-refractivity contribution in [3.8, 4) is 0 Å². The molecule has 20 heavy (non-hydrogen) atoms. The Morgan fingerprint density at radius 3 is 2.50 bits per heavy atom. The van der Waals surface area contributed by atoms with Gasteiger partial charge in [0.15, 0.2) is 0 Å². The van der Waals surface area contributed by atoms with Crippen LogP contribution in [0.25, 0.3) is 0 Å². The fraction of sp³-hybridized carbons (Fsp3) is 0.500. The van der Waals surface area contributed by atoms with E-state index < -0.39 is 17.8 Å². The van der Waals surface area contributed by atoms with Gasteiger partial charge in [0.05, 0.1) is 24.1 Å². The van der Waals surface area contributed by atoms with Crippen LogP contribution in [-0.4, -0.2) is 24.0 Å². The summed E-state index contributed by atoms with van der Waals surface area (Å²) in [5, 5.41) is 0. The number of halogens is 3. The molecule has 0 unspecified atom stereocenters. The second kappa shape index (κ2) is 5.98. The van der Waals surface area contributed by atoms with Gasteiger partial charge in [0.25, 0.3) is 0 Å². The third kappa shape index (κ3) is 4.29. The summed E-state index contributed by atoms with van der Waals surface area (Å²) in [6.45, 7) is 3.89. The second-order valence-electron chi connectivity index (χ2n) is 4.87. The number of alkyl halides is 3. The van der Waals surface area contributed by atoms with Gasteiger partial charge in [-0.3, -0.25) is 4.79 Å². The summed E-state index contributed by atoms with van der Waals surface area (Å²) in [5.41, 5.74) is 9.91. The maximum Gasteiger partial charge on any atom is 0.433 e. The smallest absolute Gasteiger partial charge is 0.396 e. The molecule has 0 aliphatic heterocycles. The van der Waals surface area contributed by atoms with Gasteiger partial charge >= 0.3 is 6.18 Å². The van der Waals surface area contributed by atoms with E-state index in [1.807, 2.05) is 13.8 Å². The lowest BCUT2D eigenvalue weighted by atomic mass is 10.1. The number of rotatable bonds is 5. The van der Waals surface area contributed by atoms with Gasteiger partial charge < -0.3 is 16.4 Å². The summed E-state index contributed by atoms with van der Waals surface area (Å²) >= 11 is 0.